The van der Waals surface area contributed by atoms with Crippen LogP contribution in [0.3, 0.4) is 0 Å². The fourth-order valence-electron chi connectivity index (χ4n) is 3.19. The highest BCUT2D eigenvalue weighted by Gasteiger charge is 2.49. The Morgan fingerprint density at radius 3 is 2.22 bits per heavy atom. The molecule has 0 spiro atoms. The van der Waals surface area contributed by atoms with Crippen LogP contribution in [0.25, 0.3) is 0 Å². The third-order valence-corrected chi connectivity index (χ3v) is 5.18. The fraction of sp³-hybridized carbons (Fsp3) is 0.667. The highest BCUT2D eigenvalue weighted by molar-refractivity contribution is 5.25. The van der Waals surface area contributed by atoms with Crippen molar-refractivity contribution in [1.82, 2.24) is 4.90 Å². The van der Waals surface area contributed by atoms with Crippen molar-refractivity contribution in [3.05, 3.63) is 35.9 Å². The molecule has 0 amide bonds. The van der Waals surface area contributed by atoms with E-state index in [9.17, 15) is 18.3 Å². The minimum Gasteiger partial charge on any atom is -0.381 e. The summed E-state index contributed by atoms with van der Waals surface area (Å²) >= 11 is 0. The molecule has 0 saturated carbocycles. The van der Waals surface area contributed by atoms with E-state index < -0.39 is 11.8 Å². The van der Waals surface area contributed by atoms with Crippen molar-refractivity contribution in [2.75, 3.05) is 19.6 Å². The SMILES string of the molecule is CC1(c2ccccc2)CCN(CCCC(C)(O)C(F)(F)F)CC1. The van der Waals surface area contributed by atoms with Crippen molar-refractivity contribution in [3.63, 3.8) is 0 Å². The number of hydrogen-bond acceptors (Lipinski definition) is 2. The first-order valence-corrected chi connectivity index (χ1v) is 8.21. The van der Waals surface area contributed by atoms with Gasteiger partial charge in [-0.1, -0.05) is 37.3 Å². The lowest BCUT2D eigenvalue weighted by molar-refractivity contribution is -0.255. The Labute approximate surface area is 136 Å². The third kappa shape index (κ3) is 4.48. The summed E-state index contributed by atoms with van der Waals surface area (Å²) in [7, 11) is 0. The van der Waals surface area contributed by atoms with E-state index in [2.05, 4.69) is 24.0 Å². The summed E-state index contributed by atoms with van der Waals surface area (Å²) in [5, 5.41) is 9.47. The van der Waals surface area contributed by atoms with E-state index in [0.29, 0.717) is 13.0 Å². The summed E-state index contributed by atoms with van der Waals surface area (Å²) in [5.74, 6) is 0. The maximum absolute atomic E-state index is 12.6. The Balaban J connectivity index is 1.80. The molecular weight excluding hydrogens is 303 g/mol. The number of nitrogens with zero attached hydrogens (tertiary/aromatic N) is 1. The zero-order valence-corrected chi connectivity index (χ0v) is 13.9. The maximum Gasteiger partial charge on any atom is 0.416 e. The molecule has 1 heterocycles. The van der Waals surface area contributed by atoms with Gasteiger partial charge in [0, 0.05) is 0 Å². The highest BCUT2D eigenvalue weighted by Crippen LogP contribution is 2.36. The molecule has 2 nitrogen and oxygen atoms in total. The van der Waals surface area contributed by atoms with Crippen molar-refractivity contribution in [1.29, 1.82) is 0 Å². The van der Waals surface area contributed by atoms with E-state index >= 15 is 0 Å². The highest BCUT2D eigenvalue weighted by atomic mass is 19.4. The molecule has 23 heavy (non-hydrogen) atoms. The Morgan fingerprint density at radius 2 is 1.70 bits per heavy atom. The van der Waals surface area contributed by atoms with Crippen molar-refractivity contribution < 1.29 is 18.3 Å². The van der Waals surface area contributed by atoms with Crippen LogP contribution in [0.1, 0.15) is 45.1 Å². The first-order valence-electron chi connectivity index (χ1n) is 8.21. The maximum atomic E-state index is 12.6. The van der Waals surface area contributed by atoms with Crippen LogP contribution >= 0.6 is 0 Å². The molecule has 1 aliphatic heterocycles. The second-order valence-electron chi connectivity index (χ2n) is 7.14. The third-order valence-electron chi connectivity index (χ3n) is 5.18. The molecule has 2 rings (SSSR count). The van der Waals surface area contributed by atoms with Gasteiger partial charge in [0.05, 0.1) is 0 Å². The Kier molecular flexibility index (Phi) is 5.41. The van der Waals surface area contributed by atoms with Crippen molar-refractivity contribution in [3.8, 4) is 0 Å². The topological polar surface area (TPSA) is 23.5 Å². The lowest BCUT2D eigenvalue weighted by atomic mass is 9.74. The van der Waals surface area contributed by atoms with Crippen molar-refractivity contribution in [2.24, 2.45) is 0 Å². The predicted molar refractivity (Wildman–Crippen MR) is 85.4 cm³/mol. The summed E-state index contributed by atoms with van der Waals surface area (Å²) in [6.07, 6.45) is -2.43. The molecule has 0 aromatic heterocycles. The molecule has 1 unspecified atom stereocenters. The van der Waals surface area contributed by atoms with Gasteiger partial charge in [-0.2, -0.15) is 13.2 Å². The van der Waals surface area contributed by atoms with Gasteiger partial charge in [0.2, 0.25) is 0 Å². The van der Waals surface area contributed by atoms with E-state index in [1.807, 2.05) is 18.2 Å². The van der Waals surface area contributed by atoms with Crippen LogP contribution in [0.5, 0.6) is 0 Å². The quantitative estimate of drug-likeness (QED) is 0.878. The fourth-order valence-corrected chi connectivity index (χ4v) is 3.19. The van der Waals surface area contributed by atoms with Gasteiger partial charge in [0.15, 0.2) is 5.60 Å². The summed E-state index contributed by atoms with van der Waals surface area (Å²) in [4.78, 5) is 2.21. The molecule has 1 atom stereocenters. The molecule has 5 heteroatoms. The molecule has 1 aromatic rings. The van der Waals surface area contributed by atoms with Gasteiger partial charge in [-0.05, 0) is 63.2 Å². The first kappa shape index (κ1) is 18.3. The number of halogens is 3. The number of alkyl halides is 3. The van der Waals surface area contributed by atoms with Crippen LogP contribution in [0.15, 0.2) is 30.3 Å². The predicted octanol–water partition coefficient (Wildman–Crippen LogP) is 4.13. The molecule has 1 saturated heterocycles. The summed E-state index contributed by atoms with van der Waals surface area (Å²) in [6, 6.07) is 10.4. The number of benzene rings is 1. The number of likely N-dealkylation sites (tertiary alicyclic amines) is 1. The van der Waals surface area contributed by atoms with Gasteiger partial charge in [0.25, 0.3) is 0 Å². The number of hydrogen-bond donors (Lipinski definition) is 1. The van der Waals surface area contributed by atoms with Crippen LogP contribution in [0.2, 0.25) is 0 Å². The molecule has 1 fully saturated rings. The monoisotopic (exact) mass is 329 g/mol. The second kappa shape index (κ2) is 6.81. The molecular formula is C18H26F3NO. The number of rotatable bonds is 5. The normalized spacial score (nSPS) is 21.8. The van der Waals surface area contributed by atoms with Gasteiger partial charge in [-0.3, -0.25) is 0 Å². The number of aliphatic hydroxyl groups is 1. The van der Waals surface area contributed by atoms with E-state index in [1.54, 1.807) is 0 Å². The summed E-state index contributed by atoms with van der Waals surface area (Å²) in [6.45, 7) is 5.50. The summed E-state index contributed by atoms with van der Waals surface area (Å²) < 4.78 is 37.9. The standard InChI is InChI=1S/C18H26F3NO/c1-16(15-7-4-3-5-8-15)10-13-22(14-11-16)12-6-9-17(2,23)18(19,20)21/h3-5,7-8,23H,6,9-14H2,1-2H3. The van der Waals surface area contributed by atoms with Gasteiger partial charge >= 0.3 is 6.18 Å². The van der Waals surface area contributed by atoms with Gasteiger partial charge < -0.3 is 10.0 Å². The number of piperidine rings is 1. The van der Waals surface area contributed by atoms with Crippen molar-refractivity contribution >= 4 is 0 Å². The Morgan fingerprint density at radius 1 is 1.13 bits per heavy atom. The van der Waals surface area contributed by atoms with Crippen LogP contribution in [-0.4, -0.2) is 41.4 Å². The van der Waals surface area contributed by atoms with Gasteiger partial charge in [-0.25, -0.2) is 0 Å². The average molecular weight is 329 g/mol. The second-order valence-corrected chi connectivity index (χ2v) is 7.14. The Bertz CT molecular complexity index is 491. The molecule has 1 N–H and O–H groups in total. The van der Waals surface area contributed by atoms with E-state index in [4.69, 9.17) is 0 Å². The van der Waals surface area contributed by atoms with Crippen LogP contribution < -0.4 is 0 Å². The molecule has 0 radical (unpaired) electrons. The smallest absolute Gasteiger partial charge is 0.381 e. The van der Waals surface area contributed by atoms with Crippen LogP contribution in [0, 0.1) is 0 Å². The molecule has 130 valence electrons. The average Bonchev–Trinajstić information content (AvgIpc) is 2.49. The zero-order chi connectivity index (χ0) is 17.1. The lowest BCUT2D eigenvalue weighted by Gasteiger charge is -2.40. The minimum absolute atomic E-state index is 0.148. The largest absolute Gasteiger partial charge is 0.416 e. The van der Waals surface area contributed by atoms with Crippen molar-refractivity contribution in [2.45, 2.75) is 56.7 Å². The molecule has 1 aliphatic rings. The lowest BCUT2D eigenvalue weighted by Crippen LogP contribution is -2.44. The Hall–Kier alpha value is -1.07. The molecule has 0 bridgehead atoms. The van der Waals surface area contributed by atoms with Crippen LogP contribution in [0.4, 0.5) is 13.2 Å². The van der Waals surface area contributed by atoms with E-state index in [0.717, 1.165) is 32.9 Å². The molecule has 1 aromatic carbocycles. The molecule has 0 aliphatic carbocycles. The van der Waals surface area contributed by atoms with E-state index in [1.165, 1.54) is 5.56 Å². The summed E-state index contributed by atoms with van der Waals surface area (Å²) in [5.41, 5.74) is -1.10. The first-order chi connectivity index (χ1) is 10.6. The zero-order valence-electron chi connectivity index (χ0n) is 13.9. The van der Waals surface area contributed by atoms with Gasteiger partial charge in [-0.15, -0.1) is 0 Å². The minimum atomic E-state index is -4.55. The van der Waals surface area contributed by atoms with Crippen LogP contribution in [-0.2, 0) is 5.41 Å². The van der Waals surface area contributed by atoms with E-state index in [-0.39, 0.29) is 11.8 Å². The van der Waals surface area contributed by atoms with Gasteiger partial charge in [0.1, 0.15) is 0 Å².